The van der Waals surface area contributed by atoms with Gasteiger partial charge >= 0.3 is 12.3 Å². The summed E-state index contributed by atoms with van der Waals surface area (Å²) in [5.74, 6) is 0. The maximum atomic E-state index is 12.9. The van der Waals surface area contributed by atoms with Crippen molar-refractivity contribution in [3.05, 3.63) is 33.8 Å². The Balaban J connectivity index is 2.52. The number of halogens is 4. The number of nitrogens with zero attached hydrogens (tertiary/aromatic N) is 1. The SMILES string of the molecule is CC1(C)OC(=O)NN=C1c1ccc(Br)c(C(F)(F)F)c1. The van der Waals surface area contributed by atoms with Crippen LogP contribution in [0.15, 0.2) is 27.8 Å². The van der Waals surface area contributed by atoms with Crippen molar-refractivity contribution < 1.29 is 22.7 Å². The third-order valence-electron chi connectivity index (χ3n) is 2.72. The molecule has 0 saturated heterocycles. The van der Waals surface area contributed by atoms with E-state index in [0.29, 0.717) is 0 Å². The van der Waals surface area contributed by atoms with Crippen molar-refractivity contribution in [1.29, 1.82) is 0 Å². The third kappa shape index (κ3) is 2.79. The first-order chi connectivity index (χ1) is 9.11. The van der Waals surface area contributed by atoms with Crippen molar-refractivity contribution in [1.82, 2.24) is 5.43 Å². The largest absolute Gasteiger partial charge is 0.436 e. The zero-order valence-electron chi connectivity index (χ0n) is 10.5. The molecule has 1 heterocycles. The number of cyclic esters (lactones) is 1. The van der Waals surface area contributed by atoms with Crippen LogP contribution in [0.25, 0.3) is 0 Å². The van der Waals surface area contributed by atoms with Crippen molar-refractivity contribution in [3.63, 3.8) is 0 Å². The fourth-order valence-corrected chi connectivity index (χ4v) is 2.31. The number of rotatable bonds is 1. The van der Waals surface area contributed by atoms with Crippen molar-refractivity contribution in [2.24, 2.45) is 5.10 Å². The zero-order chi connectivity index (χ0) is 15.1. The maximum Gasteiger partial charge on any atom is 0.428 e. The Bertz CT molecular complexity index is 597. The summed E-state index contributed by atoms with van der Waals surface area (Å²) >= 11 is 2.87. The van der Waals surface area contributed by atoms with Gasteiger partial charge in [-0.1, -0.05) is 22.0 Å². The summed E-state index contributed by atoms with van der Waals surface area (Å²) in [7, 11) is 0. The van der Waals surface area contributed by atoms with Gasteiger partial charge in [-0.25, -0.2) is 10.2 Å². The molecule has 1 aliphatic rings. The number of hydrogen-bond donors (Lipinski definition) is 1. The maximum absolute atomic E-state index is 12.9. The number of carbonyl (C=O) groups is 1. The molecule has 8 heteroatoms. The highest BCUT2D eigenvalue weighted by Crippen LogP contribution is 2.36. The number of carbonyl (C=O) groups excluding carboxylic acids is 1. The van der Waals surface area contributed by atoms with Gasteiger partial charge in [-0.05, 0) is 26.0 Å². The smallest absolute Gasteiger partial charge is 0.428 e. The third-order valence-corrected chi connectivity index (χ3v) is 3.41. The van der Waals surface area contributed by atoms with Gasteiger partial charge in [0.2, 0.25) is 0 Å². The van der Waals surface area contributed by atoms with Crippen LogP contribution in [-0.2, 0) is 10.9 Å². The van der Waals surface area contributed by atoms with Gasteiger partial charge in [0.1, 0.15) is 5.71 Å². The predicted molar refractivity (Wildman–Crippen MR) is 69.4 cm³/mol. The van der Waals surface area contributed by atoms with Crippen molar-refractivity contribution in [2.45, 2.75) is 25.6 Å². The Hall–Kier alpha value is -1.57. The normalized spacial score (nSPS) is 18.1. The molecule has 0 spiro atoms. The molecule has 1 amide bonds. The highest BCUT2D eigenvalue weighted by Gasteiger charge is 2.37. The first-order valence-electron chi connectivity index (χ1n) is 5.55. The number of amides is 1. The molecule has 0 saturated carbocycles. The van der Waals surface area contributed by atoms with Crippen LogP contribution in [0.3, 0.4) is 0 Å². The van der Waals surface area contributed by atoms with E-state index in [1.54, 1.807) is 13.8 Å². The van der Waals surface area contributed by atoms with Crippen LogP contribution in [0.4, 0.5) is 18.0 Å². The second-order valence-electron chi connectivity index (χ2n) is 4.66. The van der Waals surface area contributed by atoms with E-state index in [9.17, 15) is 18.0 Å². The van der Waals surface area contributed by atoms with Gasteiger partial charge in [0.25, 0.3) is 0 Å². The molecule has 1 aliphatic heterocycles. The average molecular weight is 351 g/mol. The number of alkyl halides is 3. The average Bonchev–Trinajstić information content (AvgIpc) is 2.27. The minimum absolute atomic E-state index is 0.0621. The summed E-state index contributed by atoms with van der Waals surface area (Å²) in [5.41, 5.74) is 0.611. The number of ether oxygens (including phenoxy) is 1. The Kier molecular flexibility index (Phi) is 3.53. The fourth-order valence-electron chi connectivity index (χ4n) is 1.84. The Labute approximate surface area is 121 Å². The molecule has 1 N–H and O–H groups in total. The molecule has 0 aromatic heterocycles. The van der Waals surface area contributed by atoms with Gasteiger partial charge in [0, 0.05) is 10.0 Å². The van der Waals surface area contributed by atoms with E-state index in [1.165, 1.54) is 12.1 Å². The lowest BCUT2D eigenvalue weighted by Gasteiger charge is -2.30. The molecule has 1 aromatic carbocycles. The van der Waals surface area contributed by atoms with Gasteiger partial charge in [-0.2, -0.15) is 18.3 Å². The summed E-state index contributed by atoms with van der Waals surface area (Å²) < 4.78 is 43.6. The van der Waals surface area contributed by atoms with Crippen LogP contribution < -0.4 is 5.43 Å². The summed E-state index contributed by atoms with van der Waals surface area (Å²) in [4.78, 5) is 11.1. The first-order valence-corrected chi connectivity index (χ1v) is 6.35. The number of nitrogens with one attached hydrogen (secondary N) is 1. The molecule has 0 aliphatic carbocycles. The van der Waals surface area contributed by atoms with E-state index in [-0.39, 0.29) is 15.7 Å². The molecule has 0 radical (unpaired) electrons. The molecule has 0 fully saturated rings. The van der Waals surface area contributed by atoms with Gasteiger partial charge in [-0.3, -0.25) is 0 Å². The summed E-state index contributed by atoms with van der Waals surface area (Å²) in [6.45, 7) is 3.11. The van der Waals surface area contributed by atoms with E-state index in [2.05, 4.69) is 26.5 Å². The Morgan fingerprint density at radius 1 is 1.35 bits per heavy atom. The van der Waals surface area contributed by atoms with E-state index in [1.807, 2.05) is 0 Å². The molecule has 0 unspecified atom stereocenters. The molecule has 0 atom stereocenters. The molecule has 2 rings (SSSR count). The number of hydrogen-bond acceptors (Lipinski definition) is 3. The van der Waals surface area contributed by atoms with Crippen LogP contribution in [0.1, 0.15) is 25.0 Å². The van der Waals surface area contributed by atoms with Crippen LogP contribution in [-0.4, -0.2) is 17.4 Å². The summed E-state index contributed by atoms with van der Waals surface area (Å²) in [6.07, 6.45) is -5.23. The van der Waals surface area contributed by atoms with Gasteiger partial charge in [0.05, 0.1) is 5.56 Å². The van der Waals surface area contributed by atoms with E-state index >= 15 is 0 Å². The van der Waals surface area contributed by atoms with Crippen LogP contribution >= 0.6 is 15.9 Å². The molecule has 20 heavy (non-hydrogen) atoms. The van der Waals surface area contributed by atoms with Crippen LogP contribution in [0.5, 0.6) is 0 Å². The van der Waals surface area contributed by atoms with Crippen molar-refractivity contribution in [3.8, 4) is 0 Å². The minimum atomic E-state index is -4.49. The number of benzene rings is 1. The van der Waals surface area contributed by atoms with Crippen LogP contribution in [0.2, 0.25) is 0 Å². The summed E-state index contributed by atoms with van der Waals surface area (Å²) in [5, 5.41) is 3.80. The second-order valence-corrected chi connectivity index (χ2v) is 5.52. The monoisotopic (exact) mass is 350 g/mol. The lowest BCUT2D eigenvalue weighted by Crippen LogP contribution is -2.46. The quantitative estimate of drug-likeness (QED) is 0.839. The second kappa shape index (κ2) is 4.76. The standard InChI is InChI=1S/C12H10BrF3N2O2/c1-11(2)9(17-18-10(19)20-11)6-3-4-8(13)7(5-6)12(14,15)16/h3-5H,1-2H3,(H,18,19). The fraction of sp³-hybridized carbons (Fsp3) is 0.333. The molecular formula is C12H10BrF3N2O2. The van der Waals surface area contributed by atoms with Gasteiger partial charge < -0.3 is 4.74 Å². The zero-order valence-corrected chi connectivity index (χ0v) is 12.1. The molecule has 1 aromatic rings. The molecule has 0 bridgehead atoms. The Morgan fingerprint density at radius 2 is 2.00 bits per heavy atom. The minimum Gasteiger partial charge on any atom is -0.436 e. The molecule has 4 nitrogen and oxygen atoms in total. The van der Waals surface area contributed by atoms with Gasteiger partial charge in [-0.15, -0.1) is 0 Å². The van der Waals surface area contributed by atoms with E-state index < -0.39 is 23.4 Å². The van der Waals surface area contributed by atoms with Crippen molar-refractivity contribution in [2.75, 3.05) is 0 Å². The lowest BCUT2D eigenvalue weighted by atomic mass is 9.94. The molecular weight excluding hydrogens is 341 g/mol. The van der Waals surface area contributed by atoms with E-state index in [0.717, 1.165) is 6.07 Å². The Morgan fingerprint density at radius 3 is 2.55 bits per heavy atom. The predicted octanol–water partition coefficient (Wildman–Crippen LogP) is 3.69. The van der Waals surface area contributed by atoms with Crippen LogP contribution in [0, 0.1) is 0 Å². The van der Waals surface area contributed by atoms with E-state index in [4.69, 9.17) is 4.74 Å². The summed E-state index contributed by atoms with van der Waals surface area (Å²) in [6, 6.07) is 3.72. The molecule has 108 valence electrons. The highest BCUT2D eigenvalue weighted by molar-refractivity contribution is 9.10. The first kappa shape index (κ1) is 14.8. The van der Waals surface area contributed by atoms with Crippen molar-refractivity contribution >= 4 is 27.7 Å². The lowest BCUT2D eigenvalue weighted by molar-refractivity contribution is -0.138. The topological polar surface area (TPSA) is 50.7 Å². The highest BCUT2D eigenvalue weighted by atomic mass is 79.9. The van der Waals surface area contributed by atoms with Gasteiger partial charge in [0.15, 0.2) is 5.60 Å². The number of hydrazone groups is 1.